The fourth-order valence-electron chi connectivity index (χ4n) is 3.47. The summed E-state index contributed by atoms with van der Waals surface area (Å²) in [5.41, 5.74) is 2.62. The number of ether oxygens (including phenoxy) is 1. The summed E-state index contributed by atoms with van der Waals surface area (Å²) >= 11 is 0. The summed E-state index contributed by atoms with van der Waals surface area (Å²) in [7, 11) is 0. The van der Waals surface area contributed by atoms with E-state index in [1.807, 2.05) is 31.2 Å². The average molecular weight is 367 g/mol. The van der Waals surface area contributed by atoms with E-state index in [-0.39, 0.29) is 19.2 Å². The van der Waals surface area contributed by atoms with Crippen molar-refractivity contribution in [1.29, 1.82) is 0 Å². The highest BCUT2D eigenvalue weighted by Crippen LogP contribution is 2.33. The number of anilines is 1. The molecule has 0 fully saturated rings. The summed E-state index contributed by atoms with van der Waals surface area (Å²) in [6.45, 7) is 5.07. The highest BCUT2D eigenvalue weighted by molar-refractivity contribution is 6.19. The van der Waals surface area contributed by atoms with E-state index in [9.17, 15) is 9.59 Å². The maximum Gasteiger partial charge on any atom is 0.331 e. The second-order valence-electron chi connectivity index (χ2n) is 6.46. The van der Waals surface area contributed by atoms with Gasteiger partial charge in [-0.05, 0) is 31.9 Å². The lowest BCUT2D eigenvalue weighted by atomic mass is 10.1. The lowest BCUT2D eigenvalue weighted by molar-refractivity contribution is -0.141. The van der Waals surface area contributed by atoms with Crippen molar-refractivity contribution in [2.24, 2.45) is 4.99 Å². The van der Waals surface area contributed by atoms with E-state index in [4.69, 9.17) is 4.74 Å². The Morgan fingerprint density at radius 2 is 2.11 bits per heavy atom. The van der Waals surface area contributed by atoms with Gasteiger partial charge in [0, 0.05) is 13.1 Å². The second kappa shape index (κ2) is 6.86. The molecule has 1 aromatic heterocycles. The molecule has 3 heterocycles. The van der Waals surface area contributed by atoms with Crippen LogP contribution in [-0.2, 0) is 9.53 Å². The number of rotatable bonds is 4. The summed E-state index contributed by atoms with van der Waals surface area (Å²) in [5, 5.41) is 4.52. The van der Waals surface area contributed by atoms with Gasteiger partial charge in [0.1, 0.15) is 12.4 Å². The first-order valence-corrected chi connectivity index (χ1v) is 9.05. The number of esters is 1. The van der Waals surface area contributed by atoms with Crippen molar-refractivity contribution in [2.75, 3.05) is 31.1 Å². The fourth-order valence-corrected chi connectivity index (χ4v) is 3.47. The zero-order valence-corrected chi connectivity index (χ0v) is 15.4. The number of urea groups is 1. The number of para-hydroxylation sites is 1. The van der Waals surface area contributed by atoms with Crippen molar-refractivity contribution in [3.8, 4) is 5.69 Å². The Hall–Kier alpha value is -3.16. The van der Waals surface area contributed by atoms with Gasteiger partial charge in [0.15, 0.2) is 5.82 Å². The van der Waals surface area contributed by atoms with Gasteiger partial charge in [-0.1, -0.05) is 18.2 Å². The van der Waals surface area contributed by atoms with Crippen molar-refractivity contribution in [3.63, 3.8) is 0 Å². The quantitative estimate of drug-likeness (QED) is 0.776. The molecular weight excluding hydrogens is 346 g/mol. The highest BCUT2D eigenvalue weighted by atomic mass is 16.5. The van der Waals surface area contributed by atoms with Gasteiger partial charge in [0.2, 0.25) is 0 Å². The van der Waals surface area contributed by atoms with Crippen LogP contribution in [0.25, 0.3) is 5.69 Å². The summed E-state index contributed by atoms with van der Waals surface area (Å²) < 4.78 is 6.78. The SMILES string of the molecule is CCOC(=O)CN1C(=O)N2CCCN=C2c2cnn(-c3ccccc3C)c21. The van der Waals surface area contributed by atoms with Gasteiger partial charge < -0.3 is 4.74 Å². The van der Waals surface area contributed by atoms with Crippen LogP contribution in [0.1, 0.15) is 24.5 Å². The van der Waals surface area contributed by atoms with Crippen molar-refractivity contribution >= 4 is 23.7 Å². The Balaban J connectivity index is 1.87. The van der Waals surface area contributed by atoms with Crippen molar-refractivity contribution in [1.82, 2.24) is 14.7 Å². The van der Waals surface area contributed by atoms with E-state index in [2.05, 4.69) is 10.1 Å². The van der Waals surface area contributed by atoms with Gasteiger partial charge >= 0.3 is 12.0 Å². The molecule has 140 valence electrons. The van der Waals surface area contributed by atoms with Crippen LogP contribution in [0.2, 0.25) is 0 Å². The Morgan fingerprint density at radius 3 is 2.89 bits per heavy atom. The number of amides is 2. The summed E-state index contributed by atoms with van der Waals surface area (Å²) in [6, 6.07) is 7.51. The van der Waals surface area contributed by atoms with E-state index < -0.39 is 5.97 Å². The standard InChI is InChI=1S/C19H21N5O3/c1-3-27-16(25)12-23-18-14(17-20-9-6-10-22(17)19(23)26)11-21-24(18)15-8-5-4-7-13(15)2/h4-5,7-8,11H,3,6,9-10,12H2,1-2H3. The molecule has 1 aromatic carbocycles. The second-order valence-corrected chi connectivity index (χ2v) is 6.46. The van der Waals surface area contributed by atoms with Gasteiger partial charge in [0.25, 0.3) is 0 Å². The molecule has 2 aliphatic rings. The molecule has 0 radical (unpaired) electrons. The molecule has 8 heteroatoms. The zero-order valence-electron chi connectivity index (χ0n) is 15.4. The third kappa shape index (κ3) is 2.87. The minimum atomic E-state index is -0.452. The molecular formula is C19H21N5O3. The first-order valence-electron chi connectivity index (χ1n) is 9.05. The predicted octanol–water partition coefficient (Wildman–Crippen LogP) is 2.14. The largest absolute Gasteiger partial charge is 0.465 e. The van der Waals surface area contributed by atoms with Gasteiger partial charge in [-0.2, -0.15) is 5.10 Å². The predicted molar refractivity (Wildman–Crippen MR) is 100 cm³/mol. The zero-order chi connectivity index (χ0) is 19.0. The number of benzene rings is 1. The Morgan fingerprint density at radius 1 is 1.30 bits per heavy atom. The Bertz CT molecular complexity index is 933. The number of nitrogens with zero attached hydrogens (tertiary/aromatic N) is 5. The molecule has 2 amide bonds. The average Bonchev–Trinajstić information content (AvgIpc) is 3.10. The molecule has 0 spiro atoms. The number of aliphatic imine (C=N–C) groups is 1. The number of hydrogen-bond acceptors (Lipinski definition) is 5. The summed E-state index contributed by atoms with van der Waals surface area (Å²) in [6.07, 6.45) is 2.51. The first-order chi connectivity index (χ1) is 13.1. The number of amidine groups is 1. The Kier molecular flexibility index (Phi) is 4.39. The molecule has 4 rings (SSSR count). The number of carbonyl (C=O) groups excluding carboxylic acids is 2. The van der Waals surface area contributed by atoms with E-state index in [0.717, 1.165) is 23.2 Å². The van der Waals surface area contributed by atoms with Crippen LogP contribution in [0.5, 0.6) is 0 Å². The van der Waals surface area contributed by atoms with Gasteiger partial charge in [-0.25, -0.2) is 9.48 Å². The summed E-state index contributed by atoms with van der Waals surface area (Å²) in [5.74, 6) is 0.729. The Labute approximate surface area is 157 Å². The number of aromatic nitrogens is 2. The molecule has 2 aromatic rings. The van der Waals surface area contributed by atoms with Crippen LogP contribution in [0.4, 0.5) is 10.6 Å². The number of carbonyl (C=O) groups is 2. The fraction of sp³-hybridized carbons (Fsp3) is 0.368. The van der Waals surface area contributed by atoms with Crippen LogP contribution in [-0.4, -0.2) is 58.8 Å². The lowest BCUT2D eigenvalue weighted by Crippen LogP contribution is -2.54. The van der Waals surface area contributed by atoms with Crippen molar-refractivity contribution in [3.05, 3.63) is 41.6 Å². The van der Waals surface area contributed by atoms with Crippen LogP contribution >= 0.6 is 0 Å². The first kappa shape index (κ1) is 17.3. The maximum atomic E-state index is 13.2. The molecule has 0 saturated heterocycles. The normalized spacial score (nSPS) is 15.9. The van der Waals surface area contributed by atoms with Crippen molar-refractivity contribution < 1.29 is 14.3 Å². The number of aryl methyl sites for hydroxylation is 1. The highest BCUT2D eigenvalue weighted by Gasteiger charge is 2.40. The summed E-state index contributed by atoms with van der Waals surface area (Å²) in [4.78, 5) is 32.9. The van der Waals surface area contributed by atoms with E-state index >= 15 is 0 Å². The van der Waals surface area contributed by atoms with E-state index in [1.54, 1.807) is 22.7 Å². The maximum absolute atomic E-state index is 13.2. The minimum Gasteiger partial charge on any atom is -0.465 e. The molecule has 0 bridgehead atoms. The minimum absolute atomic E-state index is 0.166. The molecule has 0 saturated carbocycles. The van der Waals surface area contributed by atoms with Crippen LogP contribution in [0.3, 0.4) is 0 Å². The van der Waals surface area contributed by atoms with Crippen molar-refractivity contribution in [2.45, 2.75) is 20.3 Å². The van der Waals surface area contributed by atoms with Crippen LogP contribution in [0, 0.1) is 6.92 Å². The number of fused-ring (bicyclic) bond motifs is 3. The topological polar surface area (TPSA) is 80.0 Å². The van der Waals surface area contributed by atoms with Gasteiger partial charge in [-0.15, -0.1) is 0 Å². The molecule has 0 unspecified atom stereocenters. The molecule has 0 aliphatic carbocycles. The third-order valence-corrected chi connectivity index (χ3v) is 4.70. The van der Waals surface area contributed by atoms with Crippen LogP contribution in [0.15, 0.2) is 35.5 Å². The molecule has 0 N–H and O–H groups in total. The van der Waals surface area contributed by atoms with E-state index in [1.165, 1.54) is 4.90 Å². The van der Waals surface area contributed by atoms with Gasteiger partial charge in [0.05, 0.1) is 24.1 Å². The smallest absolute Gasteiger partial charge is 0.331 e. The molecule has 27 heavy (non-hydrogen) atoms. The molecule has 8 nitrogen and oxygen atoms in total. The molecule has 2 aliphatic heterocycles. The lowest BCUT2D eigenvalue weighted by Gasteiger charge is -2.37. The third-order valence-electron chi connectivity index (χ3n) is 4.70. The monoisotopic (exact) mass is 367 g/mol. The number of hydrogen-bond donors (Lipinski definition) is 0. The van der Waals surface area contributed by atoms with E-state index in [0.29, 0.717) is 24.7 Å². The van der Waals surface area contributed by atoms with Crippen LogP contribution < -0.4 is 4.90 Å². The molecule has 0 atom stereocenters. The van der Waals surface area contributed by atoms with Gasteiger partial charge in [-0.3, -0.25) is 19.6 Å².